The van der Waals surface area contributed by atoms with Gasteiger partial charge in [-0.1, -0.05) is 55.5 Å². The number of pyridine rings is 2. The number of ether oxygens (including phenoxy) is 2. The number of benzene rings is 2. The van der Waals surface area contributed by atoms with Crippen molar-refractivity contribution in [2.24, 2.45) is 5.73 Å². The van der Waals surface area contributed by atoms with E-state index in [0.29, 0.717) is 11.4 Å². The van der Waals surface area contributed by atoms with E-state index in [0.717, 1.165) is 22.0 Å². The first-order valence-electron chi connectivity index (χ1n) is 14.5. The average molecular weight is 611 g/mol. The molecule has 0 radical (unpaired) electrons. The number of carbonyl (C=O) groups is 4. The van der Waals surface area contributed by atoms with Crippen LogP contribution in [-0.4, -0.2) is 50.6 Å². The fourth-order valence-corrected chi connectivity index (χ4v) is 5.92. The SMILES string of the molecule is CC[C@@]1(OC(=O)C[C@@H](NC(=O)[C@H](N)Cc2ccccc2)C(=O)O)C(=O)OCc2c1cc1n(c2=O)Cc2cc3ccccc3nc2-1. The van der Waals surface area contributed by atoms with E-state index in [2.05, 4.69) is 5.32 Å². The summed E-state index contributed by atoms with van der Waals surface area (Å²) in [5, 5.41) is 13.0. The van der Waals surface area contributed by atoms with Gasteiger partial charge in [-0.15, -0.1) is 0 Å². The minimum Gasteiger partial charge on any atom is -0.480 e. The summed E-state index contributed by atoms with van der Waals surface area (Å²) in [6.07, 6.45) is -0.750. The van der Waals surface area contributed by atoms with E-state index in [1.807, 2.05) is 36.4 Å². The summed E-state index contributed by atoms with van der Waals surface area (Å²) in [4.78, 5) is 69.8. The van der Waals surface area contributed by atoms with E-state index in [1.165, 1.54) is 0 Å². The quantitative estimate of drug-likeness (QED) is 0.209. The largest absolute Gasteiger partial charge is 0.480 e. The Balaban J connectivity index is 1.28. The number of amides is 1. The van der Waals surface area contributed by atoms with Crippen LogP contribution in [0.25, 0.3) is 22.3 Å². The molecule has 4 N–H and O–H groups in total. The number of fused-ring (bicyclic) bond motifs is 5. The minimum absolute atomic E-state index is 0.0997. The molecule has 0 fully saturated rings. The van der Waals surface area contributed by atoms with E-state index in [1.54, 1.807) is 41.8 Å². The average Bonchev–Trinajstić information content (AvgIpc) is 3.39. The molecule has 0 unspecified atom stereocenters. The summed E-state index contributed by atoms with van der Waals surface area (Å²) in [6.45, 7) is 1.55. The number of esters is 2. The van der Waals surface area contributed by atoms with Crippen molar-refractivity contribution < 1.29 is 33.8 Å². The van der Waals surface area contributed by atoms with Crippen LogP contribution in [-0.2, 0) is 53.8 Å². The monoisotopic (exact) mass is 610 g/mol. The van der Waals surface area contributed by atoms with E-state index in [4.69, 9.17) is 20.2 Å². The molecule has 4 aromatic rings. The molecule has 6 rings (SSSR count). The Hall–Kier alpha value is -5.36. The second-order valence-electron chi connectivity index (χ2n) is 11.1. The number of hydrogen-bond donors (Lipinski definition) is 3. The van der Waals surface area contributed by atoms with Crippen LogP contribution in [0.15, 0.2) is 71.5 Å². The molecule has 2 aliphatic rings. The molecule has 2 aliphatic heterocycles. The highest BCUT2D eigenvalue weighted by molar-refractivity contribution is 5.91. The van der Waals surface area contributed by atoms with E-state index >= 15 is 0 Å². The van der Waals surface area contributed by atoms with E-state index < -0.39 is 53.5 Å². The Kier molecular flexibility index (Phi) is 7.67. The fourth-order valence-electron chi connectivity index (χ4n) is 5.92. The van der Waals surface area contributed by atoms with E-state index in [9.17, 15) is 29.1 Å². The first-order chi connectivity index (χ1) is 21.6. The van der Waals surface area contributed by atoms with Crippen LogP contribution >= 0.6 is 0 Å². The molecule has 12 nitrogen and oxygen atoms in total. The zero-order valence-corrected chi connectivity index (χ0v) is 24.3. The number of cyclic esters (lactones) is 1. The molecule has 230 valence electrons. The third kappa shape index (κ3) is 5.33. The molecule has 0 aliphatic carbocycles. The molecule has 45 heavy (non-hydrogen) atoms. The van der Waals surface area contributed by atoms with Gasteiger partial charge in [-0.25, -0.2) is 14.6 Å². The van der Waals surface area contributed by atoms with Gasteiger partial charge in [0.05, 0.1) is 41.5 Å². The van der Waals surface area contributed by atoms with Crippen molar-refractivity contribution in [3.8, 4) is 11.4 Å². The fraction of sp³-hybridized carbons (Fsp3) is 0.273. The molecule has 2 aromatic carbocycles. The zero-order chi connectivity index (χ0) is 31.9. The number of carboxylic acid groups (broad SMARTS) is 1. The number of para-hydroxylation sites is 1. The molecule has 2 aromatic heterocycles. The van der Waals surface area contributed by atoms with Crippen LogP contribution in [0, 0.1) is 0 Å². The van der Waals surface area contributed by atoms with Crippen molar-refractivity contribution >= 4 is 34.7 Å². The van der Waals surface area contributed by atoms with Crippen molar-refractivity contribution in [2.45, 2.75) is 57.0 Å². The van der Waals surface area contributed by atoms with E-state index in [-0.39, 0.29) is 37.1 Å². The molecular formula is C33H30N4O8. The van der Waals surface area contributed by atoms with Gasteiger partial charge in [0.1, 0.15) is 12.6 Å². The minimum atomic E-state index is -2.02. The number of carboxylic acids is 1. The number of nitrogens with two attached hydrogens (primary N) is 1. The number of hydrogen-bond acceptors (Lipinski definition) is 9. The van der Waals surface area contributed by atoms with Gasteiger partial charge in [0.25, 0.3) is 5.56 Å². The third-order valence-corrected chi connectivity index (χ3v) is 8.29. The standard InChI is InChI=1S/C33H30N4O8/c1-2-33(45-27(38)15-25(31(41)42)36-29(39)23(34)12-18-8-4-3-5-9-18)22-14-26-28-20(13-19-10-6-7-11-24(19)35-28)16-37(26)30(40)21(22)17-44-32(33)43/h3-11,13-14,23,25H,2,12,15-17,34H2,1H3,(H,36,39)(H,41,42)/t23-,25-,33+/m1/s1. The van der Waals surface area contributed by atoms with Crippen molar-refractivity contribution in [1.29, 1.82) is 0 Å². The molecule has 0 saturated heterocycles. The second kappa shape index (κ2) is 11.6. The Morgan fingerprint density at radius 2 is 1.84 bits per heavy atom. The van der Waals surface area contributed by atoms with Gasteiger partial charge >= 0.3 is 17.9 Å². The molecule has 3 atom stereocenters. The van der Waals surface area contributed by atoms with Crippen molar-refractivity contribution in [1.82, 2.24) is 14.9 Å². The molecule has 0 saturated carbocycles. The lowest BCUT2D eigenvalue weighted by molar-refractivity contribution is -0.190. The van der Waals surface area contributed by atoms with Gasteiger partial charge in [-0.2, -0.15) is 0 Å². The molecule has 0 bridgehead atoms. The lowest BCUT2D eigenvalue weighted by Gasteiger charge is -2.36. The Morgan fingerprint density at radius 3 is 2.58 bits per heavy atom. The lowest BCUT2D eigenvalue weighted by Crippen LogP contribution is -2.51. The highest BCUT2D eigenvalue weighted by Gasteiger charge is 2.50. The van der Waals surface area contributed by atoms with Gasteiger partial charge in [-0.05, 0) is 36.6 Å². The highest BCUT2D eigenvalue weighted by atomic mass is 16.6. The number of rotatable bonds is 9. The predicted molar refractivity (Wildman–Crippen MR) is 161 cm³/mol. The van der Waals surface area contributed by atoms with Crippen molar-refractivity contribution in [3.63, 3.8) is 0 Å². The number of nitrogens with one attached hydrogen (secondary N) is 1. The zero-order valence-electron chi connectivity index (χ0n) is 24.3. The number of aromatic nitrogens is 2. The molecule has 4 heterocycles. The first-order valence-corrected chi connectivity index (χ1v) is 14.5. The summed E-state index contributed by atoms with van der Waals surface area (Å²) >= 11 is 0. The van der Waals surface area contributed by atoms with Crippen LogP contribution in [0.4, 0.5) is 0 Å². The van der Waals surface area contributed by atoms with Crippen LogP contribution < -0.4 is 16.6 Å². The summed E-state index contributed by atoms with van der Waals surface area (Å²) in [5.74, 6) is -4.24. The number of nitrogens with zero attached hydrogens (tertiary/aromatic N) is 2. The van der Waals surface area contributed by atoms with Crippen molar-refractivity contribution in [2.75, 3.05) is 0 Å². The van der Waals surface area contributed by atoms with Crippen LogP contribution in [0.2, 0.25) is 0 Å². The Morgan fingerprint density at radius 1 is 1.11 bits per heavy atom. The van der Waals surface area contributed by atoms with Gasteiger partial charge < -0.3 is 30.2 Å². The first kappa shape index (κ1) is 29.7. The summed E-state index contributed by atoms with van der Waals surface area (Å²) in [7, 11) is 0. The van der Waals surface area contributed by atoms with Gasteiger partial charge in [0.15, 0.2) is 0 Å². The normalized spacial score (nSPS) is 17.8. The van der Waals surface area contributed by atoms with Crippen LogP contribution in [0.3, 0.4) is 0 Å². The smallest absolute Gasteiger partial charge is 0.355 e. The third-order valence-electron chi connectivity index (χ3n) is 8.29. The highest BCUT2D eigenvalue weighted by Crippen LogP contribution is 2.41. The van der Waals surface area contributed by atoms with Crippen molar-refractivity contribution in [3.05, 3.63) is 99.3 Å². The maximum Gasteiger partial charge on any atom is 0.355 e. The van der Waals surface area contributed by atoms with Gasteiger partial charge in [-0.3, -0.25) is 14.4 Å². The molecule has 1 amide bonds. The number of carbonyl (C=O) groups excluding carboxylic acids is 3. The molecule has 12 heteroatoms. The summed E-state index contributed by atoms with van der Waals surface area (Å²) < 4.78 is 12.6. The van der Waals surface area contributed by atoms with Gasteiger partial charge in [0, 0.05) is 16.5 Å². The summed E-state index contributed by atoms with van der Waals surface area (Å²) in [5.41, 5.74) is 7.25. The molecular weight excluding hydrogens is 580 g/mol. The molecule has 0 spiro atoms. The Labute approximate surface area is 256 Å². The van der Waals surface area contributed by atoms with Gasteiger partial charge in [0.2, 0.25) is 11.5 Å². The lowest BCUT2D eigenvalue weighted by atomic mass is 9.85. The predicted octanol–water partition coefficient (Wildman–Crippen LogP) is 2.16. The van der Waals surface area contributed by atoms with Crippen LogP contribution in [0.5, 0.6) is 0 Å². The topological polar surface area (TPSA) is 180 Å². The Bertz CT molecular complexity index is 1920. The number of aliphatic carboxylic acids is 1. The maximum atomic E-state index is 13.7. The second-order valence-corrected chi connectivity index (χ2v) is 11.1. The van der Waals surface area contributed by atoms with Crippen LogP contribution in [0.1, 0.15) is 42.0 Å². The maximum absolute atomic E-state index is 13.7. The summed E-state index contributed by atoms with van der Waals surface area (Å²) in [6, 6.07) is 17.3.